The lowest BCUT2D eigenvalue weighted by atomic mass is 9.61. The minimum Gasteiger partial charge on any atom is -0.429 e. The summed E-state index contributed by atoms with van der Waals surface area (Å²) in [7, 11) is -1.83. The van der Waals surface area contributed by atoms with E-state index in [1.165, 1.54) is 32.1 Å². The van der Waals surface area contributed by atoms with E-state index >= 15 is 0 Å². The number of fused-ring (bicyclic) bond motifs is 1. The number of rotatable bonds is 6. The van der Waals surface area contributed by atoms with Gasteiger partial charge in [0.15, 0.2) is 13.9 Å². The molecule has 0 spiro atoms. The molecule has 28 heavy (non-hydrogen) atoms. The van der Waals surface area contributed by atoms with Crippen LogP contribution in [0.25, 0.3) is 0 Å². The number of esters is 1. The molecule has 1 aliphatic heterocycles. The Morgan fingerprint density at radius 1 is 1.36 bits per heavy atom. The summed E-state index contributed by atoms with van der Waals surface area (Å²) in [5.74, 6) is 2.69. The molecule has 0 radical (unpaired) electrons. The van der Waals surface area contributed by atoms with Gasteiger partial charge in [-0.2, -0.15) is 0 Å². The summed E-state index contributed by atoms with van der Waals surface area (Å²) in [4.78, 5) is 14.6. The molecule has 3 nitrogen and oxygen atoms in total. The Morgan fingerprint density at radius 3 is 2.71 bits per heavy atom. The Bertz CT molecular complexity index is 680. The van der Waals surface area contributed by atoms with E-state index in [0.29, 0.717) is 11.3 Å². The van der Waals surface area contributed by atoms with E-state index in [9.17, 15) is 4.79 Å². The molecule has 3 rings (SSSR count). The van der Waals surface area contributed by atoms with Crippen molar-refractivity contribution in [2.45, 2.75) is 91.0 Å². The highest BCUT2D eigenvalue weighted by molar-refractivity contribution is 9.11. The van der Waals surface area contributed by atoms with Crippen LogP contribution in [0.2, 0.25) is 19.6 Å². The molecular formula is C23H37BrO3Si. The van der Waals surface area contributed by atoms with Gasteiger partial charge < -0.3 is 9.16 Å². The van der Waals surface area contributed by atoms with Gasteiger partial charge in [0.05, 0.1) is 0 Å². The molecular weight excluding hydrogens is 432 g/mol. The van der Waals surface area contributed by atoms with Crippen molar-refractivity contribution in [2.24, 2.45) is 23.2 Å². The highest BCUT2D eigenvalue weighted by Gasteiger charge is 2.50. The van der Waals surface area contributed by atoms with E-state index in [2.05, 4.69) is 54.4 Å². The first kappa shape index (κ1) is 22.3. The second-order valence-corrected chi connectivity index (χ2v) is 15.5. The highest BCUT2D eigenvalue weighted by atomic mass is 79.9. The average molecular weight is 470 g/mol. The van der Waals surface area contributed by atoms with Gasteiger partial charge in [-0.05, 0) is 99.3 Å². The molecule has 5 heteroatoms. The molecule has 0 aromatic heterocycles. The molecule has 2 saturated carbocycles. The smallest absolute Gasteiger partial charge is 0.346 e. The standard InChI is InChI=1S/C23H37BrO3Si/c1-16(19-11-12-20-17(15-24)8-7-13-22(19,20)2)9-10-18-14-23(3,21(25)26-18)27-28(4,5)6/h14-16,19-20H,7-13H2,1-6H3/b17-15+/t16-,19-,20?,22-,23+/m1/s1. The minimum absolute atomic E-state index is 0.246. The van der Waals surface area contributed by atoms with Gasteiger partial charge in [0.2, 0.25) is 0 Å². The molecule has 158 valence electrons. The van der Waals surface area contributed by atoms with Crippen LogP contribution < -0.4 is 0 Å². The fourth-order valence-electron chi connectivity index (χ4n) is 6.16. The number of hydrogen-bond acceptors (Lipinski definition) is 3. The van der Waals surface area contributed by atoms with Crippen molar-refractivity contribution in [3.63, 3.8) is 0 Å². The Morgan fingerprint density at radius 2 is 2.07 bits per heavy atom. The molecule has 0 aromatic rings. The molecule has 2 aliphatic carbocycles. The number of hydrogen-bond donors (Lipinski definition) is 0. The summed E-state index contributed by atoms with van der Waals surface area (Å²) in [5, 5.41) is 0. The number of carbonyl (C=O) groups excluding carboxylic acids is 1. The highest BCUT2D eigenvalue weighted by Crippen LogP contribution is 2.60. The molecule has 1 heterocycles. The van der Waals surface area contributed by atoms with Crippen LogP contribution in [0.4, 0.5) is 0 Å². The lowest BCUT2D eigenvalue weighted by Crippen LogP contribution is -2.43. The minimum atomic E-state index is -1.83. The van der Waals surface area contributed by atoms with Gasteiger partial charge in [-0.1, -0.05) is 35.4 Å². The van der Waals surface area contributed by atoms with Crippen LogP contribution >= 0.6 is 15.9 Å². The van der Waals surface area contributed by atoms with Crippen LogP contribution in [0.1, 0.15) is 65.7 Å². The number of allylic oxidation sites excluding steroid dienone is 2. The normalized spacial score (nSPS) is 38.3. The molecule has 0 amide bonds. The Labute approximate surface area is 180 Å². The van der Waals surface area contributed by atoms with Crippen molar-refractivity contribution in [3.05, 3.63) is 22.4 Å². The maximum absolute atomic E-state index is 12.4. The van der Waals surface area contributed by atoms with Crippen molar-refractivity contribution in [2.75, 3.05) is 0 Å². The van der Waals surface area contributed by atoms with E-state index in [1.807, 2.05) is 13.0 Å². The molecule has 0 bridgehead atoms. The zero-order valence-electron chi connectivity index (χ0n) is 18.4. The lowest BCUT2D eigenvalue weighted by Gasteiger charge is -2.44. The Hall–Kier alpha value is -0.393. The fraction of sp³-hybridized carbons (Fsp3) is 0.783. The van der Waals surface area contributed by atoms with Gasteiger partial charge in [0.25, 0.3) is 0 Å². The van der Waals surface area contributed by atoms with Crippen LogP contribution in [0, 0.1) is 23.2 Å². The van der Waals surface area contributed by atoms with E-state index in [0.717, 1.165) is 30.4 Å². The number of carbonyl (C=O) groups is 1. The summed E-state index contributed by atoms with van der Waals surface area (Å²) < 4.78 is 11.7. The van der Waals surface area contributed by atoms with Crippen LogP contribution in [0.15, 0.2) is 22.4 Å². The van der Waals surface area contributed by atoms with E-state index in [-0.39, 0.29) is 5.97 Å². The summed E-state index contributed by atoms with van der Waals surface area (Å²) in [5.41, 5.74) is 1.15. The van der Waals surface area contributed by atoms with Crippen LogP contribution in [-0.4, -0.2) is 19.9 Å². The molecule has 0 N–H and O–H groups in total. The third-order valence-electron chi connectivity index (χ3n) is 7.29. The molecule has 2 fully saturated rings. The molecule has 5 atom stereocenters. The molecule has 1 unspecified atom stereocenters. The second-order valence-electron chi connectivity index (χ2n) is 10.6. The van der Waals surface area contributed by atoms with Crippen molar-refractivity contribution in [1.82, 2.24) is 0 Å². The number of cyclic esters (lactones) is 1. The van der Waals surface area contributed by atoms with Gasteiger partial charge in [0.1, 0.15) is 5.76 Å². The largest absolute Gasteiger partial charge is 0.429 e. The van der Waals surface area contributed by atoms with Crippen LogP contribution in [0.5, 0.6) is 0 Å². The quantitative estimate of drug-likeness (QED) is 0.312. The maximum Gasteiger partial charge on any atom is 0.346 e. The van der Waals surface area contributed by atoms with E-state index in [1.54, 1.807) is 5.57 Å². The first-order valence-electron chi connectivity index (χ1n) is 10.9. The molecule has 3 aliphatic rings. The van der Waals surface area contributed by atoms with Crippen molar-refractivity contribution in [1.29, 1.82) is 0 Å². The third kappa shape index (κ3) is 4.36. The van der Waals surface area contributed by atoms with Gasteiger partial charge in [-0.25, -0.2) is 4.79 Å². The monoisotopic (exact) mass is 468 g/mol. The predicted molar refractivity (Wildman–Crippen MR) is 121 cm³/mol. The average Bonchev–Trinajstić information content (AvgIpc) is 3.07. The van der Waals surface area contributed by atoms with E-state index < -0.39 is 13.9 Å². The summed E-state index contributed by atoms with van der Waals surface area (Å²) in [6, 6.07) is 0. The van der Waals surface area contributed by atoms with Gasteiger partial charge in [-0.15, -0.1) is 0 Å². The van der Waals surface area contributed by atoms with E-state index in [4.69, 9.17) is 9.16 Å². The summed E-state index contributed by atoms with van der Waals surface area (Å²) >= 11 is 3.61. The van der Waals surface area contributed by atoms with Gasteiger partial charge >= 0.3 is 5.97 Å². The molecule has 0 aromatic carbocycles. The van der Waals surface area contributed by atoms with Gasteiger partial charge in [0, 0.05) is 6.42 Å². The van der Waals surface area contributed by atoms with Gasteiger partial charge in [-0.3, -0.25) is 0 Å². The first-order valence-corrected chi connectivity index (χ1v) is 15.2. The van der Waals surface area contributed by atoms with Crippen LogP contribution in [-0.2, 0) is 14.0 Å². The predicted octanol–water partition coefficient (Wildman–Crippen LogP) is 6.95. The zero-order chi connectivity index (χ0) is 20.7. The Kier molecular flexibility index (Phi) is 6.40. The van der Waals surface area contributed by atoms with Crippen molar-refractivity contribution < 1.29 is 14.0 Å². The Balaban J connectivity index is 1.63. The second kappa shape index (κ2) is 8.03. The lowest BCUT2D eigenvalue weighted by molar-refractivity contribution is -0.149. The fourth-order valence-corrected chi connectivity index (χ4v) is 8.13. The van der Waals surface area contributed by atoms with Crippen molar-refractivity contribution in [3.8, 4) is 0 Å². The SMILES string of the molecule is C[C@H](CCC1=C[C@](C)(O[Si](C)(C)C)C(=O)O1)[C@H]1CCC2/C(=C/Br)CCC[C@@]21C. The zero-order valence-corrected chi connectivity index (χ0v) is 21.0. The maximum atomic E-state index is 12.4. The number of halogens is 1. The summed E-state index contributed by atoms with van der Waals surface area (Å²) in [6.07, 6.45) is 10.4. The number of ether oxygens (including phenoxy) is 1. The van der Waals surface area contributed by atoms with Crippen molar-refractivity contribution >= 4 is 30.2 Å². The third-order valence-corrected chi connectivity index (χ3v) is 8.92. The first-order chi connectivity index (χ1) is 13.0. The van der Waals surface area contributed by atoms with Crippen LogP contribution in [0.3, 0.4) is 0 Å². The summed E-state index contributed by atoms with van der Waals surface area (Å²) in [6.45, 7) is 13.1. The molecule has 0 saturated heterocycles. The topological polar surface area (TPSA) is 35.5 Å².